The van der Waals surface area contributed by atoms with Crippen LogP contribution in [0.3, 0.4) is 0 Å². The van der Waals surface area contributed by atoms with Gasteiger partial charge in [-0.2, -0.15) is 0 Å². The van der Waals surface area contributed by atoms with Gasteiger partial charge in [-0.05, 0) is 80.9 Å². The lowest BCUT2D eigenvalue weighted by molar-refractivity contribution is -0.157. The van der Waals surface area contributed by atoms with Crippen LogP contribution in [-0.2, 0) is 29.1 Å². The zero-order valence-electron chi connectivity index (χ0n) is 24.8. The van der Waals surface area contributed by atoms with Crippen LogP contribution in [0.5, 0.6) is 5.75 Å². The number of carbonyl (C=O) groups is 2. The molecule has 1 atom stereocenters. The number of fused-ring (bicyclic) bond motifs is 5. The number of esters is 1. The summed E-state index contributed by atoms with van der Waals surface area (Å²) in [6.07, 6.45) is 4.65. The van der Waals surface area contributed by atoms with Gasteiger partial charge in [-0.25, -0.2) is 14.6 Å². The van der Waals surface area contributed by atoms with Crippen molar-refractivity contribution in [1.82, 2.24) is 19.4 Å². The second-order valence-electron chi connectivity index (χ2n) is 12.3. The minimum Gasteiger partial charge on any atom is -0.458 e. The van der Waals surface area contributed by atoms with Crippen LogP contribution in [-0.4, -0.2) is 68.7 Å². The van der Waals surface area contributed by atoms with Crippen LogP contribution < -0.4 is 10.3 Å². The van der Waals surface area contributed by atoms with Gasteiger partial charge in [0.15, 0.2) is 6.10 Å². The molecule has 0 aliphatic carbocycles. The number of piperidine rings is 2. The molecule has 0 bridgehead atoms. The zero-order valence-corrected chi connectivity index (χ0v) is 24.8. The number of aliphatic hydroxyl groups is 1. The molecular formula is C33H38N4O6. The van der Waals surface area contributed by atoms with Gasteiger partial charge in [-0.15, -0.1) is 0 Å². The van der Waals surface area contributed by atoms with E-state index in [9.17, 15) is 19.5 Å². The average Bonchev–Trinajstić information content (AvgIpc) is 3.40. The Bertz CT molecular complexity index is 1670. The molecule has 226 valence electrons. The summed E-state index contributed by atoms with van der Waals surface area (Å²) in [5.74, 6) is 0.575. The summed E-state index contributed by atoms with van der Waals surface area (Å²) in [5.41, 5.74) is 4.22. The van der Waals surface area contributed by atoms with E-state index in [0.29, 0.717) is 54.8 Å². The number of nitrogens with zero attached hydrogens (tertiary/aromatic N) is 4. The van der Waals surface area contributed by atoms with Gasteiger partial charge in [-0.1, -0.05) is 20.3 Å². The molecule has 7 rings (SSSR count). The number of hydrogen-bond donors (Lipinski definition) is 1. The van der Waals surface area contributed by atoms with E-state index in [1.165, 1.54) is 32.4 Å². The number of rotatable bonds is 4. The summed E-state index contributed by atoms with van der Waals surface area (Å²) in [5, 5.41) is 11.3. The molecule has 4 aliphatic heterocycles. The molecule has 1 amide bonds. The molecule has 0 spiro atoms. The first-order chi connectivity index (χ1) is 20.9. The van der Waals surface area contributed by atoms with Crippen LogP contribution in [0.15, 0.2) is 29.1 Å². The van der Waals surface area contributed by atoms with Gasteiger partial charge >= 0.3 is 12.1 Å². The van der Waals surface area contributed by atoms with E-state index < -0.39 is 12.1 Å². The Morgan fingerprint density at radius 1 is 1.05 bits per heavy atom. The van der Waals surface area contributed by atoms with Crippen molar-refractivity contribution in [3.63, 3.8) is 0 Å². The number of likely N-dealkylation sites (tertiary alicyclic amines) is 2. The first-order valence-corrected chi connectivity index (χ1v) is 15.6. The van der Waals surface area contributed by atoms with Gasteiger partial charge in [0.1, 0.15) is 12.4 Å². The van der Waals surface area contributed by atoms with E-state index in [2.05, 4.69) is 18.7 Å². The molecule has 0 saturated carbocycles. The second-order valence-corrected chi connectivity index (χ2v) is 12.3. The summed E-state index contributed by atoms with van der Waals surface area (Å²) in [6.45, 7) is 8.25. The van der Waals surface area contributed by atoms with E-state index in [-0.39, 0.29) is 23.8 Å². The van der Waals surface area contributed by atoms with Crippen LogP contribution >= 0.6 is 0 Å². The molecule has 0 radical (unpaired) electrons. The van der Waals surface area contributed by atoms with Crippen LogP contribution in [0.25, 0.3) is 22.3 Å². The van der Waals surface area contributed by atoms with Crippen LogP contribution in [0.4, 0.5) is 4.79 Å². The predicted molar refractivity (Wildman–Crippen MR) is 160 cm³/mol. The minimum absolute atomic E-state index is 0.152. The SMILES string of the molecule is CCc1c2c(nc3ccc(OC(=O)N4CCC(N5CCC(CC)CC5)CC4)cc13)-c1cc3c(c(=O)n1C2)COC(=O)C3O. The van der Waals surface area contributed by atoms with E-state index >= 15 is 0 Å². The van der Waals surface area contributed by atoms with Crippen molar-refractivity contribution >= 4 is 23.0 Å². The monoisotopic (exact) mass is 586 g/mol. The predicted octanol–water partition coefficient (Wildman–Crippen LogP) is 4.16. The highest BCUT2D eigenvalue weighted by Gasteiger charge is 2.35. The third kappa shape index (κ3) is 4.80. The van der Waals surface area contributed by atoms with Crippen LogP contribution in [0.1, 0.15) is 74.3 Å². The topological polar surface area (TPSA) is 114 Å². The molecular weight excluding hydrogens is 548 g/mol. The van der Waals surface area contributed by atoms with E-state index in [0.717, 1.165) is 40.8 Å². The average molecular weight is 587 g/mol. The molecule has 1 unspecified atom stereocenters. The largest absolute Gasteiger partial charge is 0.458 e. The van der Waals surface area contributed by atoms with Crippen molar-refractivity contribution < 1.29 is 24.2 Å². The van der Waals surface area contributed by atoms with Gasteiger partial charge in [-0.3, -0.25) is 4.79 Å². The number of ether oxygens (including phenoxy) is 2. The number of aromatic nitrogens is 2. The highest BCUT2D eigenvalue weighted by Crippen LogP contribution is 2.39. The fourth-order valence-corrected chi connectivity index (χ4v) is 7.46. The molecule has 1 N–H and O–H groups in total. The quantitative estimate of drug-likeness (QED) is 0.355. The third-order valence-electron chi connectivity index (χ3n) is 10.1. The number of carbonyl (C=O) groups excluding carboxylic acids is 2. The number of amides is 1. The number of pyridine rings is 2. The maximum atomic E-state index is 13.3. The Labute approximate surface area is 250 Å². The first-order valence-electron chi connectivity index (χ1n) is 15.6. The molecule has 10 nitrogen and oxygen atoms in total. The number of benzene rings is 1. The Kier molecular flexibility index (Phi) is 7.21. The number of cyclic esters (lactones) is 1. The lowest BCUT2D eigenvalue weighted by Crippen LogP contribution is -2.49. The maximum absolute atomic E-state index is 13.3. The van der Waals surface area contributed by atoms with Gasteiger partial charge in [0, 0.05) is 35.6 Å². The molecule has 6 heterocycles. The van der Waals surface area contributed by atoms with Gasteiger partial charge in [0.2, 0.25) is 0 Å². The lowest BCUT2D eigenvalue weighted by atomic mass is 9.92. The minimum atomic E-state index is -1.49. The Morgan fingerprint density at radius 3 is 2.53 bits per heavy atom. The summed E-state index contributed by atoms with van der Waals surface area (Å²) < 4.78 is 12.5. The molecule has 4 aliphatic rings. The molecule has 10 heteroatoms. The van der Waals surface area contributed by atoms with Crippen LogP contribution in [0, 0.1) is 5.92 Å². The number of hydrogen-bond acceptors (Lipinski definition) is 8. The zero-order chi connectivity index (χ0) is 29.8. The maximum Gasteiger partial charge on any atom is 0.415 e. The van der Waals surface area contributed by atoms with Crippen molar-refractivity contribution in [2.24, 2.45) is 5.92 Å². The summed E-state index contributed by atoms with van der Waals surface area (Å²) in [7, 11) is 0. The second kappa shape index (κ2) is 11.1. The molecule has 2 aromatic heterocycles. The molecule has 3 aromatic rings. The van der Waals surface area contributed by atoms with E-state index in [1.807, 2.05) is 17.0 Å². The Balaban J connectivity index is 1.10. The first kappa shape index (κ1) is 28.0. The van der Waals surface area contributed by atoms with Crippen molar-refractivity contribution in [1.29, 1.82) is 0 Å². The Hall–Kier alpha value is -3.76. The molecule has 2 fully saturated rings. The van der Waals surface area contributed by atoms with Gasteiger partial charge in [0.25, 0.3) is 5.56 Å². The van der Waals surface area contributed by atoms with Gasteiger partial charge < -0.3 is 28.9 Å². The fourth-order valence-electron chi connectivity index (χ4n) is 7.46. The fraction of sp³-hybridized carbons (Fsp3) is 0.515. The van der Waals surface area contributed by atoms with E-state index in [4.69, 9.17) is 14.5 Å². The third-order valence-corrected chi connectivity index (χ3v) is 10.1. The normalized spacial score (nSPS) is 21.0. The van der Waals surface area contributed by atoms with Crippen molar-refractivity contribution in [3.8, 4) is 17.1 Å². The number of aryl methyl sites for hydroxylation is 1. The highest BCUT2D eigenvalue weighted by molar-refractivity contribution is 5.90. The Morgan fingerprint density at radius 2 is 1.81 bits per heavy atom. The standard InChI is InChI=1S/C33H38N4O6/c1-3-19-7-11-35(12-8-19)20-9-13-36(14-10-20)33(41)43-21-5-6-27-23(15-21)22(4-2)25-17-37-28(29(25)34-27)16-24-26(31(37)39)18-42-32(40)30(24)38/h5-6,15-16,19-20,30,38H,3-4,7-14,17-18H2,1-2H3. The summed E-state index contributed by atoms with van der Waals surface area (Å²) in [4.78, 5) is 47.8. The molecule has 43 heavy (non-hydrogen) atoms. The van der Waals surface area contributed by atoms with Crippen LogP contribution in [0.2, 0.25) is 0 Å². The molecule has 2 saturated heterocycles. The van der Waals surface area contributed by atoms with E-state index in [1.54, 1.807) is 16.7 Å². The summed E-state index contributed by atoms with van der Waals surface area (Å²) in [6, 6.07) is 7.71. The number of aliphatic hydroxyl groups excluding tert-OH is 1. The highest BCUT2D eigenvalue weighted by atomic mass is 16.6. The smallest absolute Gasteiger partial charge is 0.415 e. The van der Waals surface area contributed by atoms with Gasteiger partial charge in [0.05, 0.1) is 29.0 Å². The van der Waals surface area contributed by atoms with Crippen molar-refractivity contribution in [2.45, 2.75) is 77.7 Å². The summed E-state index contributed by atoms with van der Waals surface area (Å²) >= 11 is 0. The van der Waals surface area contributed by atoms with Crippen molar-refractivity contribution in [3.05, 3.63) is 56.9 Å². The lowest BCUT2D eigenvalue weighted by Gasteiger charge is -2.41. The van der Waals surface area contributed by atoms with Crippen molar-refractivity contribution in [2.75, 3.05) is 26.2 Å². The molecule has 1 aromatic carbocycles.